The van der Waals surface area contributed by atoms with E-state index in [0.717, 1.165) is 0 Å². The Hall–Kier alpha value is -2.04. The van der Waals surface area contributed by atoms with Crippen LogP contribution in [0.4, 0.5) is 0 Å². The number of ether oxygens (including phenoxy) is 1. The van der Waals surface area contributed by atoms with Crippen molar-refractivity contribution < 1.29 is 19.4 Å². The van der Waals surface area contributed by atoms with E-state index in [4.69, 9.17) is 4.74 Å². The normalized spacial score (nSPS) is 12.1. The molecule has 0 saturated carbocycles. The maximum absolute atomic E-state index is 11.4. The second-order valence-corrected chi connectivity index (χ2v) is 4.61. The molecule has 0 aliphatic rings. The quantitative estimate of drug-likeness (QED) is 0.885. The molecule has 19 heavy (non-hydrogen) atoms. The molecule has 1 atom stereocenters. The van der Waals surface area contributed by atoms with Crippen LogP contribution in [0.2, 0.25) is 0 Å². The van der Waals surface area contributed by atoms with Crippen LogP contribution in [0.25, 0.3) is 0 Å². The van der Waals surface area contributed by atoms with Crippen LogP contribution < -0.4 is 4.74 Å². The zero-order valence-corrected chi connectivity index (χ0v) is 11.6. The predicted octanol–water partition coefficient (Wildman–Crippen LogP) is 2.08. The van der Waals surface area contributed by atoms with E-state index in [0.29, 0.717) is 11.3 Å². The lowest BCUT2D eigenvalue weighted by atomic mass is 10.1. The van der Waals surface area contributed by atoms with Crippen LogP contribution >= 0.6 is 0 Å². The van der Waals surface area contributed by atoms with E-state index in [1.54, 1.807) is 24.3 Å². The first kappa shape index (κ1) is 15.0. The van der Waals surface area contributed by atoms with Crippen molar-refractivity contribution in [1.82, 2.24) is 4.90 Å². The molecule has 0 aliphatic heterocycles. The largest absolute Gasteiger partial charge is 0.491 e. The van der Waals surface area contributed by atoms with Gasteiger partial charge in [0.15, 0.2) is 6.04 Å². The van der Waals surface area contributed by atoms with E-state index in [-0.39, 0.29) is 12.0 Å². The molecule has 1 rings (SSSR count). The average molecular weight is 265 g/mol. The molecule has 1 N–H and O–H groups in total. The molecule has 0 radical (unpaired) electrons. The Morgan fingerprint density at radius 1 is 1.32 bits per heavy atom. The minimum Gasteiger partial charge on any atom is -0.491 e. The number of hydrogen-bond donors (Lipinski definition) is 1. The lowest BCUT2D eigenvalue weighted by Crippen LogP contribution is -2.34. The van der Waals surface area contributed by atoms with Gasteiger partial charge in [-0.25, -0.2) is 4.79 Å². The van der Waals surface area contributed by atoms with Crippen molar-refractivity contribution in [2.45, 2.75) is 32.9 Å². The first-order valence-corrected chi connectivity index (χ1v) is 6.05. The van der Waals surface area contributed by atoms with Gasteiger partial charge in [-0.15, -0.1) is 0 Å². The number of carbonyl (C=O) groups is 2. The summed E-state index contributed by atoms with van der Waals surface area (Å²) in [6.07, 6.45) is 0.00376. The number of carboxylic acid groups (broad SMARTS) is 1. The predicted molar refractivity (Wildman–Crippen MR) is 71.0 cm³/mol. The second-order valence-electron chi connectivity index (χ2n) is 4.61. The molecule has 0 aromatic heterocycles. The van der Waals surface area contributed by atoms with Crippen molar-refractivity contribution in [3.8, 4) is 5.75 Å². The molecule has 1 aromatic rings. The summed E-state index contributed by atoms with van der Waals surface area (Å²) in [5, 5.41) is 9.28. The molecule has 1 amide bonds. The van der Waals surface area contributed by atoms with E-state index in [1.807, 2.05) is 13.8 Å². The standard InChI is InChI=1S/C14H19NO4/c1-9(2)19-12-7-5-6-11(8-12)13(14(17)18)15(4)10(3)16/h5-9,13H,1-4H3,(H,17,18). The topological polar surface area (TPSA) is 66.8 Å². The number of carboxylic acids is 1. The highest BCUT2D eigenvalue weighted by molar-refractivity contribution is 5.83. The van der Waals surface area contributed by atoms with Crippen molar-refractivity contribution >= 4 is 11.9 Å². The fraction of sp³-hybridized carbons (Fsp3) is 0.429. The minimum absolute atomic E-state index is 0.00376. The molecule has 5 nitrogen and oxygen atoms in total. The van der Waals surface area contributed by atoms with E-state index in [1.165, 1.54) is 18.9 Å². The summed E-state index contributed by atoms with van der Waals surface area (Å²) in [7, 11) is 1.47. The van der Waals surface area contributed by atoms with E-state index in [2.05, 4.69) is 0 Å². The van der Waals surface area contributed by atoms with Crippen LogP contribution in [0.15, 0.2) is 24.3 Å². The Labute approximate surface area is 112 Å². The number of carbonyl (C=O) groups excluding carboxylic acids is 1. The minimum atomic E-state index is -1.07. The van der Waals surface area contributed by atoms with Gasteiger partial charge >= 0.3 is 5.97 Å². The summed E-state index contributed by atoms with van der Waals surface area (Å²) < 4.78 is 5.53. The van der Waals surface area contributed by atoms with Crippen molar-refractivity contribution in [3.05, 3.63) is 29.8 Å². The van der Waals surface area contributed by atoms with Crippen molar-refractivity contribution in [3.63, 3.8) is 0 Å². The summed E-state index contributed by atoms with van der Waals surface area (Å²) in [5.41, 5.74) is 0.517. The first-order valence-electron chi connectivity index (χ1n) is 6.05. The van der Waals surface area contributed by atoms with Crippen LogP contribution in [0, 0.1) is 0 Å². The molecular weight excluding hydrogens is 246 g/mol. The maximum atomic E-state index is 11.4. The highest BCUT2D eigenvalue weighted by Gasteiger charge is 2.26. The lowest BCUT2D eigenvalue weighted by molar-refractivity contribution is -0.148. The number of benzene rings is 1. The number of hydrogen-bond acceptors (Lipinski definition) is 3. The van der Waals surface area contributed by atoms with E-state index in [9.17, 15) is 14.7 Å². The number of likely N-dealkylation sites (N-methyl/N-ethyl adjacent to an activating group) is 1. The van der Waals surface area contributed by atoms with Gasteiger partial charge < -0.3 is 14.7 Å². The maximum Gasteiger partial charge on any atom is 0.331 e. The van der Waals surface area contributed by atoms with Crippen LogP contribution in [-0.4, -0.2) is 35.0 Å². The van der Waals surface area contributed by atoms with Gasteiger partial charge in [0.25, 0.3) is 0 Å². The number of amides is 1. The van der Waals surface area contributed by atoms with Crippen LogP contribution in [0.3, 0.4) is 0 Å². The molecule has 0 fully saturated rings. The van der Waals surface area contributed by atoms with Crippen LogP contribution in [-0.2, 0) is 9.59 Å². The van der Waals surface area contributed by atoms with Gasteiger partial charge in [0, 0.05) is 14.0 Å². The van der Waals surface area contributed by atoms with E-state index >= 15 is 0 Å². The Balaban J connectivity index is 3.09. The highest BCUT2D eigenvalue weighted by atomic mass is 16.5. The van der Waals surface area contributed by atoms with Crippen molar-refractivity contribution in [2.75, 3.05) is 7.05 Å². The zero-order chi connectivity index (χ0) is 14.6. The average Bonchev–Trinajstić information content (AvgIpc) is 2.27. The molecule has 0 spiro atoms. The molecule has 104 valence electrons. The number of rotatable bonds is 5. The summed E-state index contributed by atoms with van der Waals surface area (Å²) in [5.74, 6) is -0.780. The van der Waals surface area contributed by atoms with Crippen molar-refractivity contribution in [2.24, 2.45) is 0 Å². The molecular formula is C14H19NO4. The van der Waals surface area contributed by atoms with Gasteiger partial charge in [-0.2, -0.15) is 0 Å². The Morgan fingerprint density at radius 2 is 1.95 bits per heavy atom. The van der Waals surface area contributed by atoms with Gasteiger partial charge in [-0.05, 0) is 31.5 Å². The summed E-state index contributed by atoms with van der Waals surface area (Å²) in [6.45, 7) is 5.12. The Kier molecular flexibility index (Phi) is 4.92. The summed E-state index contributed by atoms with van der Waals surface area (Å²) in [6, 6.07) is 5.80. The number of nitrogens with zero attached hydrogens (tertiary/aromatic N) is 1. The fourth-order valence-electron chi connectivity index (χ4n) is 1.74. The fourth-order valence-corrected chi connectivity index (χ4v) is 1.74. The molecule has 0 saturated heterocycles. The molecule has 1 aromatic carbocycles. The molecule has 1 unspecified atom stereocenters. The third-order valence-electron chi connectivity index (χ3n) is 2.66. The zero-order valence-electron chi connectivity index (χ0n) is 11.6. The monoisotopic (exact) mass is 265 g/mol. The van der Waals surface area contributed by atoms with Gasteiger partial charge in [0.1, 0.15) is 5.75 Å². The van der Waals surface area contributed by atoms with Crippen LogP contribution in [0.1, 0.15) is 32.4 Å². The lowest BCUT2D eigenvalue weighted by Gasteiger charge is -2.24. The van der Waals surface area contributed by atoms with Gasteiger partial charge in [-0.3, -0.25) is 4.79 Å². The van der Waals surface area contributed by atoms with Gasteiger partial charge in [0.05, 0.1) is 6.10 Å². The van der Waals surface area contributed by atoms with Gasteiger partial charge in [-0.1, -0.05) is 12.1 Å². The Bertz CT molecular complexity index is 470. The summed E-state index contributed by atoms with van der Waals surface area (Å²) >= 11 is 0. The van der Waals surface area contributed by atoms with Gasteiger partial charge in [0.2, 0.25) is 5.91 Å². The SMILES string of the molecule is CC(=O)N(C)C(C(=O)O)c1cccc(OC(C)C)c1. The second kappa shape index (κ2) is 6.22. The third kappa shape index (κ3) is 3.98. The molecule has 0 aliphatic carbocycles. The van der Waals surface area contributed by atoms with Crippen LogP contribution in [0.5, 0.6) is 5.75 Å². The number of aliphatic carboxylic acids is 1. The molecule has 0 heterocycles. The third-order valence-corrected chi connectivity index (χ3v) is 2.66. The Morgan fingerprint density at radius 3 is 2.42 bits per heavy atom. The molecule has 5 heteroatoms. The molecule has 0 bridgehead atoms. The van der Waals surface area contributed by atoms with Crippen molar-refractivity contribution in [1.29, 1.82) is 0 Å². The highest BCUT2D eigenvalue weighted by Crippen LogP contribution is 2.24. The van der Waals surface area contributed by atoms with E-state index < -0.39 is 12.0 Å². The smallest absolute Gasteiger partial charge is 0.331 e. The first-order chi connectivity index (χ1) is 8.82. The summed E-state index contributed by atoms with van der Waals surface area (Å²) in [4.78, 5) is 23.9.